The summed E-state index contributed by atoms with van der Waals surface area (Å²) in [6, 6.07) is 0. The van der Waals surface area contributed by atoms with Crippen LogP contribution in [0.1, 0.15) is 34.7 Å². The van der Waals surface area contributed by atoms with Crippen LogP contribution in [0.2, 0.25) is 0 Å². The van der Waals surface area contributed by atoms with Crippen molar-refractivity contribution in [1.82, 2.24) is 9.78 Å². The van der Waals surface area contributed by atoms with Gasteiger partial charge in [-0.05, 0) is 6.92 Å². The number of carbonyl (C=O) groups is 2. The molecule has 0 aromatic carbocycles. The molecule has 0 aliphatic heterocycles. The van der Waals surface area contributed by atoms with Crippen LogP contribution < -0.4 is 0 Å². The molecule has 0 fully saturated rings. The van der Waals surface area contributed by atoms with Gasteiger partial charge in [0, 0.05) is 11.9 Å². The number of hydrogen-bond donors (Lipinski definition) is 0. The average molecular weight is 288 g/mol. The molecule has 1 rings (SSSR count). The van der Waals surface area contributed by atoms with Gasteiger partial charge in [-0.1, -0.05) is 6.92 Å². The average Bonchev–Trinajstić information content (AvgIpc) is 2.80. The van der Waals surface area contributed by atoms with Crippen LogP contribution in [0, 0.1) is 0 Å². The molecule has 0 unspecified atom stereocenters. The molecule has 1 aromatic rings. The van der Waals surface area contributed by atoms with Crippen molar-refractivity contribution < 1.29 is 22.7 Å². The van der Waals surface area contributed by atoms with Crippen LogP contribution in [0.4, 0.5) is 0 Å². The first kappa shape index (κ1) is 15.4. The SMILES string of the molecule is CCOC(=O)c1nn(CCS(=O)(=O)CC)cc1C=O. The van der Waals surface area contributed by atoms with Crippen LogP contribution in [0.3, 0.4) is 0 Å². The zero-order valence-corrected chi connectivity index (χ0v) is 11.6. The molecule has 7 nitrogen and oxygen atoms in total. The van der Waals surface area contributed by atoms with E-state index in [2.05, 4.69) is 5.10 Å². The molecule has 0 spiro atoms. The van der Waals surface area contributed by atoms with Crippen molar-refractivity contribution in [2.75, 3.05) is 18.1 Å². The van der Waals surface area contributed by atoms with Crippen LogP contribution in [0.5, 0.6) is 0 Å². The van der Waals surface area contributed by atoms with E-state index in [1.54, 1.807) is 13.8 Å². The molecule has 0 amide bonds. The zero-order valence-electron chi connectivity index (χ0n) is 10.8. The van der Waals surface area contributed by atoms with Crippen LogP contribution in [-0.2, 0) is 21.1 Å². The number of nitrogens with zero attached hydrogens (tertiary/aromatic N) is 2. The Kier molecular flexibility index (Phi) is 5.22. The maximum Gasteiger partial charge on any atom is 0.359 e. The maximum absolute atomic E-state index is 11.5. The Balaban J connectivity index is 2.88. The molecule has 0 atom stereocenters. The summed E-state index contributed by atoms with van der Waals surface area (Å²) < 4.78 is 28.8. The fourth-order valence-corrected chi connectivity index (χ4v) is 2.13. The first-order valence-electron chi connectivity index (χ1n) is 5.83. The molecular weight excluding hydrogens is 272 g/mol. The lowest BCUT2D eigenvalue weighted by Gasteiger charge is -2.01. The molecule has 0 aliphatic rings. The van der Waals surface area contributed by atoms with Crippen LogP contribution in [0.15, 0.2) is 6.20 Å². The van der Waals surface area contributed by atoms with Gasteiger partial charge in [-0.2, -0.15) is 5.10 Å². The third-order valence-electron chi connectivity index (χ3n) is 2.46. The van der Waals surface area contributed by atoms with Gasteiger partial charge < -0.3 is 4.74 Å². The van der Waals surface area contributed by atoms with Gasteiger partial charge in [0.15, 0.2) is 21.8 Å². The molecule has 8 heteroatoms. The number of aldehydes is 1. The van der Waals surface area contributed by atoms with E-state index in [0.29, 0.717) is 6.29 Å². The summed E-state index contributed by atoms with van der Waals surface area (Å²) in [5.74, 6) is -0.743. The molecule has 1 aromatic heterocycles. The Morgan fingerprint density at radius 2 is 2.16 bits per heavy atom. The van der Waals surface area contributed by atoms with Crippen LogP contribution in [0.25, 0.3) is 0 Å². The molecule has 106 valence electrons. The third-order valence-corrected chi connectivity index (χ3v) is 4.14. The van der Waals surface area contributed by atoms with Gasteiger partial charge in [0.2, 0.25) is 0 Å². The van der Waals surface area contributed by atoms with E-state index in [4.69, 9.17) is 4.74 Å². The number of sulfone groups is 1. The molecule has 0 N–H and O–H groups in total. The minimum absolute atomic E-state index is 0.0412. The van der Waals surface area contributed by atoms with Crippen LogP contribution >= 0.6 is 0 Å². The highest BCUT2D eigenvalue weighted by Crippen LogP contribution is 2.07. The second-order valence-electron chi connectivity index (χ2n) is 3.77. The zero-order chi connectivity index (χ0) is 14.5. The van der Waals surface area contributed by atoms with Gasteiger partial charge in [0.25, 0.3) is 0 Å². The van der Waals surface area contributed by atoms with Crippen molar-refractivity contribution in [3.8, 4) is 0 Å². The van der Waals surface area contributed by atoms with Crippen molar-refractivity contribution >= 4 is 22.1 Å². The molecule has 0 bridgehead atoms. The van der Waals surface area contributed by atoms with Gasteiger partial charge in [-0.25, -0.2) is 13.2 Å². The smallest absolute Gasteiger partial charge is 0.359 e. The molecular formula is C11H16N2O5S. The van der Waals surface area contributed by atoms with Gasteiger partial charge in [-0.3, -0.25) is 9.48 Å². The fourth-order valence-electron chi connectivity index (χ4n) is 1.37. The van der Waals surface area contributed by atoms with E-state index in [9.17, 15) is 18.0 Å². The summed E-state index contributed by atoms with van der Waals surface area (Å²) >= 11 is 0. The number of esters is 1. The normalized spacial score (nSPS) is 11.3. The van der Waals surface area contributed by atoms with E-state index in [0.717, 1.165) is 0 Å². The molecule has 0 radical (unpaired) electrons. The van der Waals surface area contributed by atoms with Crippen molar-refractivity contribution in [1.29, 1.82) is 0 Å². The highest BCUT2D eigenvalue weighted by atomic mass is 32.2. The highest BCUT2D eigenvalue weighted by Gasteiger charge is 2.18. The Bertz CT molecular complexity index is 562. The Morgan fingerprint density at radius 1 is 1.47 bits per heavy atom. The van der Waals surface area contributed by atoms with Crippen molar-refractivity contribution in [2.24, 2.45) is 0 Å². The second kappa shape index (κ2) is 6.46. The third kappa shape index (κ3) is 4.16. The van der Waals surface area contributed by atoms with E-state index < -0.39 is 15.8 Å². The minimum Gasteiger partial charge on any atom is -0.461 e. The first-order chi connectivity index (χ1) is 8.93. The van der Waals surface area contributed by atoms with Crippen molar-refractivity contribution in [2.45, 2.75) is 20.4 Å². The van der Waals surface area contributed by atoms with Gasteiger partial charge in [0.05, 0.1) is 24.5 Å². The molecule has 0 aliphatic carbocycles. The number of hydrogen-bond acceptors (Lipinski definition) is 6. The summed E-state index contributed by atoms with van der Waals surface area (Å²) in [4.78, 5) is 22.3. The molecule has 1 heterocycles. The summed E-state index contributed by atoms with van der Waals surface area (Å²) in [6.45, 7) is 3.47. The predicted octanol–water partition coefficient (Wildman–Crippen LogP) is 0.307. The lowest BCUT2D eigenvalue weighted by Crippen LogP contribution is -2.15. The van der Waals surface area contributed by atoms with Gasteiger partial charge >= 0.3 is 5.97 Å². The topological polar surface area (TPSA) is 95.3 Å². The quantitative estimate of drug-likeness (QED) is 0.529. The van der Waals surface area contributed by atoms with Crippen molar-refractivity contribution in [3.05, 3.63) is 17.5 Å². The van der Waals surface area contributed by atoms with Crippen molar-refractivity contribution in [3.63, 3.8) is 0 Å². The van der Waals surface area contributed by atoms with E-state index >= 15 is 0 Å². The predicted molar refractivity (Wildman–Crippen MR) is 67.9 cm³/mol. The van der Waals surface area contributed by atoms with Crippen LogP contribution in [-0.4, -0.2) is 48.6 Å². The van der Waals surface area contributed by atoms with E-state index in [1.165, 1.54) is 10.9 Å². The first-order valence-corrected chi connectivity index (χ1v) is 7.65. The Morgan fingerprint density at radius 3 is 2.68 bits per heavy atom. The summed E-state index contributed by atoms with van der Waals surface area (Å²) in [7, 11) is -3.12. The number of aromatic nitrogens is 2. The number of carbonyl (C=O) groups excluding carboxylic acids is 2. The monoisotopic (exact) mass is 288 g/mol. The molecule has 0 saturated heterocycles. The van der Waals surface area contributed by atoms with Gasteiger partial charge in [0.1, 0.15) is 0 Å². The summed E-state index contributed by atoms with van der Waals surface area (Å²) in [5, 5.41) is 3.88. The Hall–Kier alpha value is -1.70. The fraction of sp³-hybridized carbons (Fsp3) is 0.545. The number of rotatable bonds is 7. The number of ether oxygens (including phenoxy) is 1. The summed E-state index contributed by atoms with van der Waals surface area (Å²) in [6.07, 6.45) is 1.83. The van der Waals surface area contributed by atoms with E-state index in [1.807, 2.05) is 0 Å². The Labute approximate surface area is 111 Å². The molecule has 0 saturated carbocycles. The lowest BCUT2D eigenvalue weighted by atomic mass is 10.3. The summed E-state index contributed by atoms with van der Waals surface area (Å²) in [5.41, 5.74) is -0.00177. The largest absolute Gasteiger partial charge is 0.461 e. The highest BCUT2D eigenvalue weighted by molar-refractivity contribution is 7.91. The standard InChI is InChI=1S/C11H16N2O5S/c1-3-18-11(15)10-9(8-14)7-13(12-10)5-6-19(16,17)4-2/h7-8H,3-6H2,1-2H3. The lowest BCUT2D eigenvalue weighted by molar-refractivity contribution is 0.0516. The maximum atomic E-state index is 11.5. The minimum atomic E-state index is -3.12. The van der Waals surface area contributed by atoms with Gasteiger partial charge in [-0.15, -0.1) is 0 Å². The number of aryl methyl sites for hydroxylation is 1. The second-order valence-corrected chi connectivity index (χ2v) is 6.24. The van der Waals surface area contributed by atoms with E-state index in [-0.39, 0.29) is 35.9 Å². The molecule has 19 heavy (non-hydrogen) atoms.